The Bertz CT molecular complexity index is 768. The van der Waals surface area contributed by atoms with Crippen molar-refractivity contribution in [2.75, 3.05) is 7.05 Å². The lowest BCUT2D eigenvalue weighted by molar-refractivity contribution is -0.0504. The molecule has 0 bridgehead atoms. The number of alkyl halides is 2. The second-order valence-electron chi connectivity index (χ2n) is 6.59. The van der Waals surface area contributed by atoms with Crippen LogP contribution < -0.4 is 15.4 Å². The van der Waals surface area contributed by atoms with Gasteiger partial charge < -0.3 is 15.4 Å². The van der Waals surface area contributed by atoms with Gasteiger partial charge in [0.2, 0.25) is 0 Å². The van der Waals surface area contributed by atoms with Gasteiger partial charge in [0.1, 0.15) is 5.75 Å². The van der Waals surface area contributed by atoms with Crippen molar-refractivity contribution in [3.05, 3.63) is 45.4 Å². The maximum atomic E-state index is 12.6. The van der Waals surface area contributed by atoms with Gasteiger partial charge in [-0.3, -0.25) is 4.99 Å². The zero-order chi connectivity index (χ0) is 19.8. The Morgan fingerprint density at radius 3 is 2.61 bits per heavy atom. The van der Waals surface area contributed by atoms with Crippen LogP contribution in [0.2, 0.25) is 0 Å². The number of nitrogens with one attached hydrogen (secondary N) is 2. The summed E-state index contributed by atoms with van der Waals surface area (Å²) >= 11 is 1.68. The van der Waals surface area contributed by atoms with Crippen LogP contribution in [0.4, 0.5) is 8.78 Å². The van der Waals surface area contributed by atoms with E-state index < -0.39 is 6.61 Å². The minimum Gasteiger partial charge on any atom is -0.434 e. The summed E-state index contributed by atoms with van der Waals surface area (Å²) in [7, 11) is 1.67. The fraction of sp³-hybridized carbons (Fsp3) is 0.474. The van der Waals surface area contributed by atoms with Gasteiger partial charge >= 0.3 is 6.61 Å². The zero-order valence-corrected chi connectivity index (χ0v) is 19.6. The quantitative estimate of drug-likeness (QED) is 0.298. The van der Waals surface area contributed by atoms with E-state index in [1.54, 1.807) is 30.5 Å². The highest BCUT2D eigenvalue weighted by Crippen LogP contribution is 2.22. The molecule has 9 heteroatoms. The van der Waals surface area contributed by atoms with E-state index in [-0.39, 0.29) is 29.7 Å². The highest BCUT2D eigenvalue weighted by atomic mass is 127. The van der Waals surface area contributed by atoms with E-state index >= 15 is 0 Å². The van der Waals surface area contributed by atoms with Crippen molar-refractivity contribution in [3.63, 3.8) is 0 Å². The number of ether oxygens (including phenoxy) is 1. The molecule has 156 valence electrons. The fourth-order valence-corrected chi connectivity index (χ4v) is 3.58. The van der Waals surface area contributed by atoms with Gasteiger partial charge in [0.15, 0.2) is 5.96 Å². The highest BCUT2D eigenvalue weighted by Gasteiger charge is 2.11. The molecular formula is C19H27F2IN4OS. The molecule has 2 rings (SSSR count). The van der Waals surface area contributed by atoms with Crippen LogP contribution in [0.5, 0.6) is 5.75 Å². The number of nitrogens with zero attached hydrogens (tertiary/aromatic N) is 2. The molecular weight excluding hydrogens is 497 g/mol. The number of rotatable bonds is 8. The Balaban J connectivity index is 0.00000392. The Morgan fingerprint density at radius 2 is 1.96 bits per heavy atom. The molecule has 0 aliphatic rings. The normalized spacial score (nSPS) is 11.5. The van der Waals surface area contributed by atoms with E-state index in [1.807, 2.05) is 19.2 Å². The van der Waals surface area contributed by atoms with E-state index in [9.17, 15) is 8.78 Å². The molecule has 1 heterocycles. The number of aromatic nitrogens is 1. The SMILES string of the molecule is CN=C(NCc1cnc(CC(C)C)s1)NCc1cc(C)ccc1OC(F)F.I. The number of guanidine groups is 1. The largest absolute Gasteiger partial charge is 0.434 e. The summed E-state index contributed by atoms with van der Waals surface area (Å²) in [6.07, 6.45) is 2.84. The van der Waals surface area contributed by atoms with Crippen LogP contribution in [0.1, 0.15) is 34.9 Å². The first-order chi connectivity index (χ1) is 12.9. The zero-order valence-electron chi connectivity index (χ0n) is 16.5. The number of thiazole rings is 1. The number of hydrogen-bond donors (Lipinski definition) is 2. The monoisotopic (exact) mass is 524 g/mol. The Hall–Kier alpha value is -1.49. The van der Waals surface area contributed by atoms with Gasteiger partial charge in [0, 0.05) is 36.7 Å². The fourth-order valence-electron chi connectivity index (χ4n) is 2.50. The molecule has 2 aromatic rings. The molecule has 28 heavy (non-hydrogen) atoms. The lowest BCUT2D eigenvalue weighted by Crippen LogP contribution is -2.36. The van der Waals surface area contributed by atoms with E-state index in [0.717, 1.165) is 21.9 Å². The molecule has 0 aliphatic heterocycles. The first-order valence-electron chi connectivity index (χ1n) is 8.79. The second-order valence-corrected chi connectivity index (χ2v) is 7.79. The maximum absolute atomic E-state index is 12.6. The molecule has 0 saturated carbocycles. The van der Waals surface area contributed by atoms with E-state index in [1.165, 1.54) is 0 Å². The topological polar surface area (TPSA) is 58.5 Å². The molecule has 5 nitrogen and oxygen atoms in total. The molecule has 0 spiro atoms. The van der Waals surface area contributed by atoms with Crippen molar-refractivity contribution < 1.29 is 13.5 Å². The Kier molecular flexibility index (Phi) is 10.7. The predicted octanol–water partition coefficient (Wildman–Crippen LogP) is 4.73. The average Bonchev–Trinajstić information content (AvgIpc) is 3.03. The van der Waals surface area contributed by atoms with E-state index in [4.69, 9.17) is 0 Å². The Labute approximate surface area is 186 Å². The van der Waals surface area contributed by atoms with Gasteiger partial charge in [-0.25, -0.2) is 4.98 Å². The highest BCUT2D eigenvalue weighted by molar-refractivity contribution is 14.0. The number of aliphatic imine (C=N–C) groups is 1. The lowest BCUT2D eigenvalue weighted by Gasteiger charge is -2.15. The van der Waals surface area contributed by atoms with Crippen LogP contribution in [0.15, 0.2) is 29.4 Å². The van der Waals surface area contributed by atoms with Crippen molar-refractivity contribution >= 4 is 41.3 Å². The van der Waals surface area contributed by atoms with E-state index in [0.29, 0.717) is 30.5 Å². The first kappa shape index (κ1) is 24.5. The molecule has 0 atom stereocenters. The van der Waals surface area contributed by atoms with Gasteiger partial charge in [-0.2, -0.15) is 8.78 Å². The smallest absolute Gasteiger partial charge is 0.387 e. The standard InChI is InChI=1S/C19H26F2N4OS.HI/c1-12(2)7-17-23-10-15(27-17)11-25-19(22-4)24-9-14-8-13(3)5-6-16(14)26-18(20)21;/h5-6,8,10,12,18H,7,9,11H2,1-4H3,(H2,22,24,25);1H. The van der Waals surface area contributed by atoms with Gasteiger partial charge in [0.25, 0.3) is 0 Å². The van der Waals surface area contributed by atoms with Crippen LogP contribution in [-0.2, 0) is 19.5 Å². The molecule has 0 unspecified atom stereocenters. The van der Waals surface area contributed by atoms with Crippen molar-refractivity contribution in [3.8, 4) is 5.75 Å². The van der Waals surface area contributed by atoms with Crippen LogP contribution in [0.3, 0.4) is 0 Å². The van der Waals surface area contributed by atoms with Crippen molar-refractivity contribution in [2.24, 2.45) is 10.9 Å². The Morgan fingerprint density at radius 1 is 1.25 bits per heavy atom. The van der Waals surface area contributed by atoms with Gasteiger partial charge in [-0.1, -0.05) is 31.5 Å². The molecule has 0 fully saturated rings. The number of halogens is 3. The number of aryl methyl sites for hydroxylation is 1. The third kappa shape index (κ3) is 8.26. The van der Waals surface area contributed by atoms with Crippen LogP contribution in [0, 0.1) is 12.8 Å². The van der Waals surface area contributed by atoms with Gasteiger partial charge in [0.05, 0.1) is 11.6 Å². The number of hydrogen-bond acceptors (Lipinski definition) is 4. The lowest BCUT2D eigenvalue weighted by atomic mass is 10.1. The third-order valence-electron chi connectivity index (χ3n) is 3.72. The molecule has 1 aromatic heterocycles. The summed E-state index contributed by atoms with van der Waals surface area (Å²) in [5.74, 6) is 1.32. The molecule has 0 radical (unpaired) electrons. The molecule has 0 amide bonds. The van der Waals surface area contributed by atoms with Crippen LogP contribution in [0.25, 0.3) is 0 Å². The molecule has 0 aliphatic carbocycles. The molecule has 2 N–H and O–H groups in total. The van der Waals surface area contributed by atoms with Crippen LogP contribution in [-0.4, -0.2) is 24.6 Å². The number of benzene rings is 1. The van der Waals surface area contributed by atoms with Gasteiger partial charge in [-0.15, -0.1) is 35.3 Å². The molecule has 0 saturated heterocycles. The summed E-state index contributed by atoms with van der Waals surface area (Å²) in [4.78, 5) is 9.73. The predicted molar refractivity (Wildman–Crippen MR) is 121 cm³/mol. The minimum atomic E-state index is -2.85. The van der Waals surface area contributed by atoms with E-state index in [2.05, 4.69) is 39.2 Å². The van der Waals surface area contributed by atoms with Crippen molar-refractivity contribution in [2.45, 2.75) is 46.9 Å². The summed E-state index contributed by atoms with van der Waals surface area (Å²) in [5.41, 5.74) is 1.62. The van der Waals surface area contributed by atoms with Gasteiger partial charge in [-0.05, 0) is 18.9 Å². The van der Waals surface area contributed by atoms with Crippen molar-refractivity contribution in [1.82, 2.24) is 15.6 Å². The summed E-state index contributed by atoms with van der Waals surface area (Å²) < 4.78 is 29.7. The van der Waals surface area contributed by atoms with Crippen molar-refractivity contribution in [1.29, 1.82) is 0 Å². The summed E-state index contributed by atoms with van der Waals surface area (Å²) in [6.45, 7) is 4.32. The minimum absolute atomic E-state index is 0. The first-order valence-corrected chi connectivity index (χ1v) is 9.61. The second kappa shape index (κ2) is 12.2. The summed E-state index contributed by atoms with van der Waals surface area (Å²) in [6, 6.07) is 5.12. The average molecular weight is 524 g/mol. The molecule has 1 aromatic carbocycles. The summed E-state index contributed by atoms with van der Waals surface area (Å²) in [5, 5.41) is 7.48. The maximum Gasteiger partial charge on any atom is 0.387 e. The van der Waals surface area contributed by atoms with Crippen LogP contribution >= 0.6 is 35.3 Å². The third-order valence-corrected chi connectivity index (χ3v) is 4.74.